The molecule has 0 aliphatic heterocycles. The van der Waals surface area contributed by atoms with Crippen molar-refractivity contribution in [2.75, 3.05) is 18.9 Å². The summed E-state index contributed by atoms with van der Waals surface area (Å²) in [5.74, 6) is 0.444. The van der Waals surface area contributed by atoms with Gasteiger partial charge < -0.3 is 5.32 Å². The van der Waals surface area contributed by atoms with Crippen LogP contribution in [-0.2, 0) is 11.3 Å². The van der Waals surface area contributed by atoms with Crippen molar-refractivity contribution in [2.45, 2.75) is 13.5 Å². The lowest BCUT2D eigenvalue weighted by Crippen LogP contribution is -2.30. The van der Waals surface area contributed by atoms with Gasteiger partial charge in [0.25, 0.3) is 0 Å². The molecule has 0 aliphatic rings. The smallest absolute Gasteiger partial charge is 0.239 e. The van der Waals surface area contributed by atoms with Crippen molar-refractivity contribution in [3.63, 3.8) is 0 Å². The van der Waals surface area contributed by atoms with Crippen molar-refractivity contribution in [3.05, 3.63) is 52.9 Å². The largest absolute Gasteiger partial charge is 0.310 e. The second-order valence-electron chi connectivity index (χ2n) is 4.91. The van der Waals surface area contributed by atoms with Gasteiger partial charge in [0.1, 0.15) is 5.82 Å². The Labute approximate surface area is 129 Å². The Morgan fingerprint density at radius 2 is 2.14 bits per heavy atom. The van der Waals surface area contributed by atoms with Gasteiger partial charge in [0.05, 0.1) is 11.6 Å². The maximum absolute atomic E-state index is 11.9. The van der Waals surface area contributed by atoms with Gasteiger partial charge in [-0.2, -0.15) is 0 Å². The van der Waals surface area contributed by atoms with Crippen LogP contribution < -0.4 is 5.32 Å². The van der Waals surface area contributed by atoms with E-state index in [4.69, 9.17) is 11.6 Å². The second-order valence-corrected chi connectivity index (χ2v) is 5.32. The van der Waals surface area contributed by atoms with Crippen LogP contribution in [0.15, 0.2) is 36.8 Å². The number of anilines is 1. The summed E-state index contributed by atoms with van der Waals surface area (Å²) in [6.45, 7) is 2.79. The third-order valence-electron chi connectivity index (χ3n) is 2.89. The van der Waals surface area contributed by atoms with Crippen molar-refractivity contribution in [3.8, 4) is 0 Å². The minimum atomic E-state index is -0.112. The quantitative estimate of drug-likeness (QED) is 0.922. The molecule has 0 bridgehead atoms. The summed E-state index contributed by atoms with van der Waals surface area (Å²) >= 11 is 6.05. The summed E-state index contributed by atoms with van der Waals surface area (Å²) in [4.78, 5) is 21.9. The minimum absolute atomic E-state index is 0.112. The normalized spacial score (nSPS) is 10.7. The number of aryl methyl sites for hydroxylation is 1. The van der Waals surface area contributed by atoms with Crippen LogP contribution in [0.25, 0.3) is 0 Å². The van der Waals surface area contributed by atoms with Crippen molar-refractivity contribution in [1.82, 2.24) is 14.9 Å². The molecule has 1 N–H and O–H groups in total. The highest BCUT2D eigenvalue weighted by molar-refractivity contribution is 6.31. The molecular weight excluding hydrogens is 288 g/mol. The van der Waals surface area contributed by atoms with E-state index in [0.717, 1.165) is 11.1 Å². The van der Waals surface area contributed by atoms with Gasteiger partial charge in [0.2, 0.25) is 5.91 Å². The lowest BCUT2D eigenvalue weighted by Gasteiger charge is -2.16. The van der Waals surface area contributed by atoms with E-state index >= 15 is 0 Å². The molecule has 0 unspecified atom stereocenters. The van der Waals surface area contributed by atoms with Crippen LogP contribution in [0.3, 0.4) is 0 Å². The van der Waals surface area contributed by atoms with Crippen LogP contribution in [0.1, 0.15) is 11.1 Å². The van der Waals surface area contributed by atoms with Gasteiger partial charge >= 0.3 is 0 Å². The second kappa shape index (κ2) is 7.15. The summed E-state index contributed by atoms with van der Waals surface area (Å²) in [7, 11) is 1.86. The van der Waals surface area contributed by atoms with Gasteiger partial charge in [0, 0.05) is 25.1 Å². The highest BCUT2D eigenvalue weighted by Gasteiger charge is 2.09. The number of nitrogens with zero attached hydrogens (tertiary/aromatic N) is 3. The number of aromatic nitrogens is 2. The standard InChI is InChI=1S/C15H17ClN4O/c1-11-3-4-14(18-7-11)19-15(21)10-20(2)9-12-5-6-17-8-13(12)16/h3-8H,9-10H2,1-2H3,(H,18,19,21). The van der Waals surface area contributed by atoms with E-state index in [-0.39, 0.29) is 12.5 Å². The monoisotopic (exact) mass is 304 g/mol. The van der Waals surface area contributed by atoms with Crippen LogP contribution in [-0.4, -0.2) is 34.4 Å². The number of hydrogen-bond acceptors (Lipinski definition) is 4. The van der Waals surface area contributed by atoms with E-state index in [0.29, 0.717) is 17.4 Å². The number of halogens is 1. The molecule has 0 radical (unpaired) electrons. The predicted octanol–water partition coefficient (Wildman–Crippen LogP) is 2.51. The van der Waals surface area contributed by atoms with Gasteiger partial charge in [-0.15, -0.1) is 0 Å². The number of carbonyl (C=O) groups is 1. The average Bonchev–Trinajstić information content (AvgIpc) is 2.44. The molecule has 0 fully saturated rings. The molecule has 0 saturated carbocycles. The van der Waals surface area contributed by atoms with Crippen molar-refractivity contribution in [2.24, 2.45) is 0 Å². The van der Waals surface area contributed by atoms with Crippen molar-refractivity contribution in [1.29, 1.82) is 0 Å². The van der Waals surface area contributed by atoms with Crippen molar-refractivity contribution >= 4 is 23.3 Å². The lowest BCUT2D eigenvalue weighted by molar-refractivity contribution is -0.117. The Balaban J connectivity index is 1.87. The molecule has 0 aromatic carbocycles. The van der Waals surface area contributed by atoms with E-state index < -0.39 is 0 Å². The Kier molecular flexibility index (Phi) is 5.25. The maximum Gasteiger partial charge on any atom is 0.239 e. The van der Waals surface area contributed by atoms with E-state index in [1.54, 1.807) is 24.7 Å². The van der Waals surface area contributed by atoms with E-state index in [9.17, 15) is 4.79 Å². The zero-order chi connectivity index (χ0) is 15.2. The van der Waals surface area contributed by atoms with Crippen LogP contribution in [0.5, 0.6) is 0 Å². The molecule has 1 amide bonds. The maximum atomic E-state index is 11.9. The Bertz CT molecular complexity index is 615. The van der Waals surface area contributed by atoms with Gasteiger partial charge in [-0.3, -0.25) is 14.7 Å². The van der Waals surface area contributed by atoms with Crippen molar-refractivity contribution < 1.29 is 4.79 Å². The number of nitrogens with one attached hydrogen (secondary N) is 1. The van der Waals surface area contributed by atoms with E-state index in [1.807, 2.05) is 31.0 Å². The van der Waals surface area contributed by atoms with Gasteiger partial charge in [-0.1, -0.05) is 17.7 Å². The number of hydrogen-bond donors (Lipinski definition) is 1. The molecule has 2 aromatic rings. The molecule has 0 saturated heterocycles. The molecule has 21 heavy (non-hydrogen) atoms. The molecule has 6 heteroatoms. The summed E-state index contributed by atoms with van der Waals surface area (Å²) < 4.78 is 0. The number of rotatable bonds is 5. The molecule has 110 valence electrons. The third-order valence-corrected chi connectivity index (χ3v) is 3.23. The Morgan fingerprint density at radius 1 is 1.33 bits per heavy atom. The number of pyridine rings is 2. The molecule has 0 atom stereocenters. The highest BCUT2D eigenvalue weighted by atomic mass is 35.5. The topological polar surface area (TPSA) is 58.1 Å². The Hall–Kier alpha value is -1.98. The molecule has 0 spiro atoms. The van der Waals surface area contributed by atoms with Gasteiger partial charge in [-0.25, -0.2) is 4.98 Å². The van der Waals surface area contributed by atoms with Gasteiger partial charge in [-0.05, 0) is 37.2 Å². The lowest BCUT2D eigenvalue weighted by atomic mass is 10.2. The first-order valence-electron chi connectivity index (χ1n) is 6.54. The Morgan fingerprint density at radius 3 is 2.81 bits per heavy atom. The first-order chi connectivity index (χ1) is 10.0. The zero-order valence-electron chi connectivity index (χ0n) is 12.0. The fourth-order valence-electron chi connectivity index (χ4n) is 1.85. The van der Waals surface area contributed by atoms with E-state index in [2.05, 4.69) is 15.3 Å². The predicted molar refractivity (Wildman–Crippen MR) is 83.2 cm³/mol. The summed E-state index contributed by atoms with van der Waals surface area (Å²) in [6.07, 6.45) is 5.00. The van der Waals surface area contributed by atoms with Crippen LogP contribution in [0.2, 0.25) is 5.02 Å². The van der Waals surface area contributed by atoms with Gasteiger partial charge in [0.15, 0.2) is 0 Å². The molecular formula is C15H17ClN4O. The first kappa shape index (κ1) is 15.4. The number of carbonyl (C=O) groups excluding carboxylic acids is 1. The fourth-order valence-corrected chi connectivity index (χ4v) is 2.03. The average molecular weight is 305 g/mol. The van der Waals surface area contributed by atoms with Crippen LogP contribution in [0, 0.1) is 6.92 Å². The van der Waals surface area contributed by atoms with Crippen LogP contribution >= 0.6 is 11.6 Å². The summed E-state index contributed by atoms with van der Waals surface area (Å²) in [5, 5.41) is 3.37. The highest BCUT2D eigenvalue weighted by Crippen LogP contribution is 2.14. The molecule has 2 heterocycles. The minimum Gasteiger partial charge on any atom is -0.310 e. The molecule has 2 aromatic heterocycles. The molecule has 0 aliphatic carbocycles. The third kappa shape index (κ3) is 4.81. The molecule has 2 rings (SSSR count). The SMILES string of the molecule is Cc1ccc(NC(=O)CN(C)Cc2ccncc2Cl)nc1. The van der Waals surface area contributed by atoms with E-state index in [1.165, 1.54) is 0 Å². The zero-order valence-corrected chi connectivity index (χ0v) is 12.8. The summed E-state index contributed by atoms with van der Waals surface area (Å²) in [5.41, 5.74) is 1.99. The molecule has 5 nitrogen and oxygen atoms in total. The fraction of sp³-hybridized carbons (Fsp3) is 0.267. The number of amides is 1. The number of likely N-dealkylation sites (N-methyl/N-ethyl adjacent to an activating group) is 1. The van der Waals surface area contributed by atoms with Crippen LogP contribution in [0.4, 0.5) is 5.82 Å². The first-order valence-corrected chi connectivity index (χ1v) is 6.92. The summed E-state index contributed by atoms with van der Waals surface area (Å²) in [6, 6.07) is 5.54.